The zero-order valence-corrected chi connectivity index (χ0v) is 12.8. The molecule has 3 rings (SSSR count). The van der Waals surface area contributed by atoms with Crippen LogP contribution in [-0.2, 0) is 0 Å². The van der Waals surface area contributed by atoms with Crippen LogP contribution in [0.5, 0.6) is 0 Å². The molecule has 0 radical (unpaired) electrons. The van der Waals surface area contributed by atoms with Gasteiger partial charge in [0.05, 0.1) is 0 Å². The summed E-state index contributed by atoms with van der Waals surface area (Å²) in [4.78, 5) is 2.62. The molecule has 1 aromatic rings. The number of likely N-dealkylation sites (tertiary alicyclic amines) is 1. The van der Waals surface area contributed by atoms with Crippen LogP contribution in [0.2, 0.25) is 0 Å². The maximum atomic E-state index is 6.08. The maximum Gasteiger partial charge on any atom is 0.0470 e. The Kier molecular flexibility index (Phi) is 4.13. The van der Waals surface area contributed by atoms with Crippen LogP contribution in [0.25, 0.3) is 0 Å². The van der Waals surface area contributed by atoms with Crippen molar-refractivity contribution in [2.45, 2.75) is 51.5 Å². The molecule has 1 saturated carbocycles. The molecule has 1 heterocycles. The molecule has 0 bridgehead atoms. The summed E-state index contributed by atoms with van der Waals surface area (Å²) in [5, 5.41) is 0. The zero-order valence-electron chi connectivity index (χ0n) is 12.8. The van der Waals surface area contributed by atoms with Gasteiger partial charge in [-0.1, -0.05) is 42.7 Å². The SMILES string of the molecule is Cc1ccc(C(CN)N2CCC3(CCCC3)CC2)cc1. The van der Waals surface area contributed by atoms with E-state index in [0.29, 0.717) is 11.5 Å². The van der Waals surface area contributed by atoms with Crippen LogP contribution in [0.1, 0.15) is 55.7 Å². The van der Waals surface area contributed by atoms with Crippen LogP contribution < -0.4 is 5.73 Å². The molecule has 110 valence electrons. The Hall–Kier alpha value is -0.860. The Balaban J connectivity index is 1.67. The summed E-state index contributed by atoms with van der Waals surface area (Å²) in [5.41, 5.74) is 9.49. The second-order valence-electron chi connectivity index (χ2n) is 6.91. The van der Waals surface area contributed by atoms with Crippen molar-refractivity contribution >= 4 is 0 Å². The van der Waals surface area contributed by atoms with Crippen LogP contribution in [0.4, 0.5) is 0 Å². The molecule has 2 heteroatoms. The van der Waals surface area contributed by atoms with Gasteiger partial charge in [0, 0.05) is 12.6 Å². The topological polar surface area (TPSA) is 29.3 Å². The summed E-state index contributed by atoms with van der Waals surface area (Å²) >= 11 is 0. The van der Waals surface area contributed by atoms with E-state index in [9.17, 15) is 0 Å². The first-order valence-electron chi connectivity index (χ1n) is 8.23. The molecule has 1 aliphatic heterocycles. The highest BCUT2D eigenvalue weighted by molar-refractivity contribution is 5.24. The molecule has 2 N–H and O–H groups in total. The van der Waals surface area contributed by atoms with E-state index in [2.05, 4.69) is 36.1 Å². The number of rotatable bonds is 3. The van der Waals surface area contributed by atoms with Crippen molar-refractivity contribution in [3.8, 4) is 0 Å². The molecule has 2 nitrogen and oxygen atoms in total. The predicted molar refractivity (Wildman–Crippen MR) is 84.7 cm³/mol. The first-order chi connectivity index (χ1) is 9.72. The number of piperidine rings is 1. The highest BCUT2D eigenvalue weighted by atomic mass is 15.2. The highest BCUT2D eigenvalue weighted by Gasteiger charge is 2.38. The molecule has 2 fully saturated rings. The minimum Gasteiger partial charge on any atom is -0.329 e. The Morgan fingerprint density at radius 3 is 2.20 bits per heavy atom. The molecule has 1 atom stereocenters. The van der Waals surface area contributed by atoms with Gasteiger partial charge in [0.25, 0.3) is 0 Å². The van der Waals surface area contributed by atoms with Gasteiger partial charge < -0.3 is 5.73 Å². The van der Waals surface area contributed by atoms with Crippen LogP contribution in [0.15, 0.2) is 24.3 Å². The maximum absolute atomic E-state index is 6.08. The smallest absolute Gasteiger partial charge is 0.0470 e. The van der Waals surface area contributed by atoms with Crippen molar-refractivity contribution < 1.29 is 0 Å². The predicted octanol–water partition coefficient (Wildman–Crippen LogP) is 3.65. The lowest BCUT2D eigenvalue weighted by Crippen LogP contribution is -2.43. The average Bonchev–Trinajstić information content (AvgIpc) is 2.92. The van der Waals surface area contributed by atoms with E-state index in [4.69, 9.17) is 5.73 Å². The zero-order chi connectivity index (χ0) is 14.0. The minimum absolute atomic E-state index is 0.411. The molecule has 0 amide bonds. The third kappa shape index (κ3) is 2.77. The molecule has 1 saturated heterocycles. The van der Waals surface area contributed by atoms with Gasteiger partial charge in [0.2, 0.25) is 0 Å². The first kappa shape index (κ1) is 14.1. The number of aryl methyl sites for hydroxylation is 1. The summed E-state index contributed by atoms with van der Waals surface area (Å²) in [6.45, 7) is 5.34. The molecule has 1 aliphatic carbocycles. The lowest BCUT2D eigenvalue weighted by Gasteiger charge is -2.42. The van der Waals surface area contributed by atoms with E-state index < -0.39 is 0 Å². The fourth-order valence-electron chi connectivity index (χ4n) is 4.22. The van der Waals surface area contributed by atoms with Gasteiger partial charge >= 0.3 is 0 Å². The van der Waals surface area contributed by atoms with E-state index in [-0.39, 0.29) is 0 Å². The van der Waals surface area contributed by atoms with Crippen LogP contribution in [0.3, 0.4) is 0 Å². The largest absolute Gasteiger partial charge is 0.329 e. The van der Waals surface area contributed by atoms with E-state index in [0.717, 1.165) is 6.54 Å². The number of nitrogens with two attached hydrogens (primary N) is 1. The lowest BCUT2D eigenvalue weighted by atomic mass is 9.76. The van der Waals surface area contributed by atoms with Crippen LogP contribution in [-0.4, -0.2) is 24.5 Å². The van der Waals surface area contributed by atoms with Gasteiger partial charge in [-0.25, -0.2) is 0 Å². The Labute approximate surface area is 123 Å². The Morgan fingerprint density at radius 1 is 1.05 bits per heavy atom. The minimum atomic E-state index is 0.411. The first-order valence-corrected chi connectivity index (χ1v) is 8.23. The molecular formula is C18H28N2. The van der Waals surface area contributed by atoms with Crippen molar-refractivity contribution in [2.24, 2.45) is 11.1 Å². The molecule has 20 heavy (non-hydrogen) atoms. The van der Waals surface area contributed by atoms with E-state index in [1.54, 1.807) is 0 Å². The number of nitrogens with zero attached hydrogens (tertiary/aromatic N) is 1. The second kappa shape index (κ2) is 5.87. The molecule has 1 aromatic carbocycles. The number of hydrogen-bond acceptors (Lipinski definition) is 2. The number of hydrogen-bond donors (Lipinski definition) is 1. The van der Waals surface area contributed by atoms with Gasteiger partial charge in [0.15, 0.2) is 0 Å². The monoisotopic (exact) mass is 272 g/mol. The van der Waals surface area contributed by atoms with E-state index in [1.807, 2.05) is 0 Å². The standard InChI is InChI=1S/C18H28N2/c1-15-4-6-16(7-5-15)17(14-19)20-12-10-18(11-13-20)8-2-3-9-18/h4-7,17H,2-3,8-14,19H2,1H3. The third-order valence-electron chi connectivity index (χ3n) is 5.65. The average molecular weight is 272 g/mol. The van der Waals surface area contributed by atoms with Crippen molar-refractivity contribution in [1.82, 2.24) is 4.90 Å². The second-order valence-corrected chi connectivity index (χ2v) is 6.91. The molecule has 0 aromatic heterocycles. The summed E-state index contributed by atoms with van der Waals surface area (Å²) < 4.78 is 0. The molecular weight excluding hydrogens is 244 g/mol. The summed E-state index contributed by atoms with van der Waals surface area (Å²) in [5.74, 6) is 0. The summed E-state index contributed by atoms with van der Waals surface area (Å²) in [7, 11) is 0. The molecule has 2 aliphatic rings. The number of benzene rings is 1. The molecule has 1 spiro atoms. The fourth-order valence-corrected chi connectivity index (χ4v) is 4.22. The Bertz CT molecular complexity index is 421. The quantitative estimate of drug-likeness (QED) is 0.910. The van der Waals surface area contributed by atoms with Gasteiger partial charge in [-0.05, 0) is 56.7 Å². The van der Waals surface area contributed by atoms with Crippen molar-refractivity contribution in [3.05, 3.63) is 35.4 Å². The molecule has 1 unspecified atom stereocenters. The van der Waals surface area contributed by atoms with Gasteiger partial charge in [-0.2, -0.15) is 0 Å². The van der Waals surface area contributed by atoms with Crippen LogP contribution >= 0.6 is 0 Å². The van der Waals surface area contributed by atoms with Crippen molar-refractivity contribution in [1.29, 1.82) is 0 Å². The van der Waals surface area contributed by atoms with E-state index >= 15 is 0 Å². The lowest BCUT2D eigenvalue weighted by molar-refractivity contribution is 0.0780. The van der Waals surface area contributed by atoms with Gasteiger partial charge in [-0.15, -0.1) is 0 Å². The normalized spacial score (nSPS) is 24.1. The van der Waals surface area contributed by atoms with Crippen LogP contribution in [0, 0.1) is 12.3 Å². The van der Waals surface area contributed by atoms with Crippen molar-refractivity contribution in [2.75, 3.05) is 19.6 Å². The van der Waals surface area contributed by atoms with Gasteiger partial charge in [-0.3, -0.25) is 4.90 Å². The van der Waals surface area contributed by atoms with E-state index in [1.165, 1.54) is 62.7 Å². The van der Waals surface area contributed by atoms with Crippen molar-refractivity contribution in [3.63, 3.8) is 0 Å². The Morgan fingerprint density at radius 2 is 1.65 bits per heavy atom. The fraction of sp³-hybridized carbons (Fsp3) is 0.667. The summed E-state index contributed by atoms with van der Waals surface area (Å²) in [6, 6.07) is 9.34. The summed E-state index contributed by atoms with van der Waals surface area (Å²) in [6.07, 6.45) is 8.62. The third-order valence-corrected chi connectivity index (χ3v) is 5.65. The highest BCUT2D eigenvalue weighted by Crippen LogP contribution is 2.47. The van der Waals surface area contributed by atoms with Gasteiger partial charge in [0.1, 0.15) is 0 Å².